The van der Waals surface area contributed by atoms with Crippen molar-refractivity contribution in [2.24, 2.45) is 5.73 Å². The van der Waals surface area contributed by atoms with Gasteiger partial charge in [-0.3, -0.25) is 4.98 Å². The minimum Gasteiger partial charge on any atom is -0.323 e. The van der Waals surface area contributed by atoms with Crippen LogP contribution in [0.4, 0.5) is 4.39 Å². The molecule has 0 amide bonds. The Morgan fingerprint density at radius 1 is 1.75 bits per heavy atom. The minimum absolute atomic E-state index is 0.369. The first-order chi connectivity index (χ1) is 5.50. The van der Waals surface area contributed by atoms with E-state index in [2.05, 4.69) is 4.98 Å². The number of thiazole rings is 1. The number of nitrogens with two attached hydrogens (primary N) is 1. The minimum atomic E-state index is -1.00. The first-order valence-corrected chi connectivity index (χ1v) is 4.68. The third-order valence-electron chi connectivity index (χ3n) is 1.67. The van der Waals surface area contributed by atoms with Crippen molar-refractivity contribution in [2.75, 3.05) is 0 Å². The molecule has 2 nitrogen and oxygen atoms in total. The van der Waals surface area contributed by atoms with Gasteiger partial charge in [-0.25, -0.2) is 4.39 Å². The maximum atomic E-state index is 13.3. The van der Waals surface area contributed by atoms with Crippen molar-refractivity contribution in [3.63, 3.8) is 0 Å². The summed E-state index contributed by atoms with van der Waals surface area (Å²) in [6, 6.07) is 0. The van der Waals surface area contributed by atoms with Gasteiger partial charge in [0.25, 0.3) is 0 Å². The summed E-state index contributed by atoms with van der Waals surface area (Å²) in [5.41, 5.74) is 6.54. The molecule has 1 rings (SSSR count). The fourth-order valence-corrected chi connectivity index (χ4v) is 1.40. The Bertz CT molecular complexity index is 228. The Morgan fingerprint density at radius 3 is 2.83 bits per heavy atom. The van der Waals surface area contributed by atoms with E-state index in [1.807, 2.05) is 0 Å². The zero-order valence-corrected chi connectivity index (χ0v) is 8.07. The molecule has 12 heavy (non-hydrogen) atoms. The molecule has 0 aliphatic heterocycles. The van der Waals surface area contributed by atoms with Crippen molar-refractivity contribution in [3.05, 3.63) is 16.6 Å². The molecule has 4 heteroatoms. The van der Waals surface area contributed by atoms with E-state index in [0.29, 0.717) is 6.42 Å². The molecule has 1 unspecified atom stereocenters. The summed E-state index contributed by atoms with van der Waals surface area (Å²) in [5.74, 6) is 0. The lowest BCUT2D eigenvalue weighted by atomic mass is 9.97. The molecule has 68 valence electrons. The van der Waals surface area contributed by atoms with Crippen molar-refractivity contribution in [1.29, 1.82) is 0 Å². The quantitative estimate of drug-likeness (QED) is 0.785. The van der Waals surface area contributed by atoms with E-state index in [1.165, 1.54) is 11.3 Å². The number of hydrogen-bond acceptors (Lipinski definition) is 3. The average Bonchev–Trinajstić information content (AvgIpc) is 2.37. The summed E-state index contributed by atoms with van der Waals surface area (Å²) in [7, 11) is 0. The highest BCUT2D eigenvalue weighted by Gasteiger charge is 2.25. The topological polar surface area (TPSA) is 38.9 Å². The number of hydrogen-bond donors (Lipinski definition) is 1. The summed E-state index contributed by atoms with van der Waals surface area (Å²) in [5, 5.41) is 0. The van der Waals surface area contributed by atoms with Crippen LogP contribution >= 0.6 is 11.3 Å². The Kier molecular flexibility index (Phi) is 2.80. The number of aromatic nitrogens is 1. The van der Waals surface area contributed by atoms with Crippen LogP contribution in [0.1, 0.15) is 18.7 Å². The van der Waals surface area contributed by atoms with E-state index < -0.39 is 11.7 Å². The van der Waals surface area contributed by atoms with Crippen LogP contribution in [0.5, 0.6) is 0 Å². The van der Waals surface area contributed by atoms with Gasteiger partial charge in [0.2, 0.25) is 0 Å². The van der Waals surface area contributed by atoms with E-state index in [4.69, 9.17) is 5.73 Å². The molecule has 2 N–H and O–H groups in total. The highest BCUT2D eigenvalue weighted by molar-refractivity contribution is 7.09. The summed E-state index contributed by atoms with van der Waals surface area (Å²) in [4.78, 5) is 4.81. The van der Waals surface area contributed by atoms with Crippen LogP contribution in [0.15, 0.2) is 11.7 Å². The molecule has 0 aliphatic rings. The van der Waals surface area contributed by atoms with Gasteiger partial charge in [0.05, 0.1) is 5.51 Å². The first kappa shape index (κ1) is 9.61. The average molecular weight is 188 g/mol. The predicted octanol–water partition coefficient (Wildman–Crippen LogP) is 1.76. The molecule has 1 heterocycles. The first-order valence-electron chi connectivity index (χ1n) is 3.80. The van der Waals surface area contributed by atoms with Crippen LogP contribution in [-0.4, -0.2) is 16.7 Å². The van der Waals surface area contributed by atoms with Crippen LogP contribution in [-0.2, 0) is 6.42 Å². The van der Waals surface area contributed by atoms with Crippen molar-refractivity contribution in [2.45, 2.75) is 32.0 Å². The molecule has 0 fully saturated rings. The van der Waals surface area contributed by atoms with E-state index in [9.17, 15) is 4.39 Å². The summed E-state index contributed by atoms with van der Waals surface area (Å²) in [6.45, 7) is 3.39. The normalized spacial score (nSPS) is 14.7. The van der Waals surface area contributed by atoms with Crippen molar-refractivity contribution >= 4 is 11.3 Å². The Hall–Kier alpha value is -0.480. The summed E-state index contributed by atoms with van der Waals surface area (Å²) < 4.78 is 13.3. The number of rotatable bonds is 3. The summed E-state index contributed by atoms with van der Waals surface area (Å²) >= 11 is 1.46. The van der Waals surface area contributed by atoms with E-state index in [0.717, 1.165) is 4.88 Å². The van der Waals surface area contributed by atoms with Gasteiger partial charge in [0.15, 0.2) is 0 Å². The van der Waals surface area contributed by atoms with Crippen LogP contribution in [0.3, 0.4) is 0 Å². The Balaban J connectivity index is 2.53. The molecule has 0 saturated carbocycles. The van der Waals surface area contributed by atoms with Crippen molar-refractivity contribution < 1.29 is 4.39 Å². The van der Waals surface area contributed by atoms with Crippen LogP contribution in [0.25, 0.3) is 0 Å². The fraction of sp³-hybridized carbons (Fsp3) is 0.625. The molecular weight excluding hydrogens is 175 g/mol. The van der Waals surface area contributed by atoms with Gasteiger partial charge in [-0.2, -0.15) is 0 Å². The lowest BCUT2D eigenvalue weighted by molar-refractivity contribution is 0.219. The van der Waals surface area contributed by atoms with Crippen LogP contribution < -0.4 is 5.73 Å². The van der Waals surface area contributed by atoms with Gasteiger partial charge in [-0.15, -0.1) is 11.3 Å². The second-order valence-electron chi connectivity index (χ2n) is 3.46. The standard InChI is InChI=1S/C8H13FN2S/c1-8(2,10)7(9)3-6-4-11-5-12-6/h4-5,7H,3,10H2,1-2H3. The monoisotopic (exact) mass is 188 g/mol. The molecule has 0 bridgehead atoms. The SMILES string of the molecule is CC(C)(N)C(F)Cc1cncs1. The number of nitrogens with zero attached hydrogens (tertiary/aromatic N) is 1. The molecule has 1 aromatic rings. The highest BCUT2D eigenvalue weighted by atomic mass is 32.1. The van der Waals surface area contributed by atoms with E-state index in [1.54, 1.807) is 25.6 Å². The molecule has 1 atom stereocenters. The molecule has 0 saturated heterocycles. The molecule has 0 aromatic carbocycles. The second kappa shape index (κ2) is 3.49. The zero-order chi connectivity index (χ0) is 9.19. The predicted molar refractivity (Wildman–Crippen MR) is 49.0 cm³/mol. The Labute approximate surface area is 75.6 Å². The van der Waals surface area contributed by atoms with Gasteiger partial charge >= 0.3 is 0 Å². The summed E-state index contributed by atoms with van der Waals surface area (Å²) in [6.07, 6.45) is 1.05. The number of alkyl halides is 1. The lowest BCUT2D eigenvalue weighted by Crippen LogP contribution is -2.43. The van der Waals surface area contributed by atoms with Crippen LogP contribution in [0, 0.1) is 0 Å². The van der Waals surface area contributed by atoms with Crippen molar-refractivity contribution in [3.8, 4) is 0 Å². The Morgan fingerprint density at radius 2 is 2.42 bits per heavy atom. The maximum absolute atomic E-state index is 13.3. The smallest absolute Gasteiger partial charge is 0.122 e. The largest absolute Gasteiger partial charge is 0.323 e. The van der Waals surface area contributed by atoms with Gasteiger partial charge in [-0.1, -0.05) is 0 Å². The van der Waals surface area contributed by atoms with Crippen LogP contribution in [0.2, 0.25) is 0 Å². The van der Waals surface area contributed by atoms with Gasteiger partial charge in [0.1, 0.15) is 6.17 Å². The van der Waals surface area contributed by atoms with Gasteiger partial charge < -0.3 is 5.73 Å². The molecule has 1 aromatic heterocycles. The lowest BCUT2D eigenvalue weighted by Gasteiger charge is -2.22. The third kappa shape index (κ3) is 2.53. The molecule has 0 aliphatic carbocycles. The van der Waals surface area contributed by atoms with E-state index in [-0.39, 0.29) is 0 Å². The highest BCUT2D eigenvalue weighted by Crippen LogP contribution is 2.17. The molecule has 0 radical (unpaired) electrons. The van der Waals surface area contributed by atoms with Gasteiger partial charge in [-0.05, 0) is 13.8 Å². The number of halogens is 1. The molecular formula is C8H13FN2S. The van der Waals surface area contributed by atoms with E-state index >= 15 is 0 Å². The molecule has 0 spiro atoms. The third-order valence-corrected chi connectivity index (χ3v) is 2.47. The fourth-order valence-electron chi connectivity index (χ4n) is 0.783. The van der Waals surface area contributed by atoms with Gasteiger partial charge in [0, 0.05) is 23.0 Å². The second-order valence-corrected chi connectivity index (χ2v) is 4.43. The maximum Gasteiger partial charge on any atom is 0.122 e. The zero-order valence-electron chi connectivity index (χ0n) is 7.25. The van der Waals surface area contributed by atoms with Crippen molar-refractivity contribution in [1.82, 2.24) is 4.98 Å².